The second kappa shape index (κ2) is 7.33. The van der Waals surface area contributed by atoms with Crippen molar-refractivity contribution in [2.75, 3.05) is 13.2 Å². The molecule has 0 amide bonds. The lowest BCUT2D eigenvalue weighted by Gasteiger charge is -2.10. The summed E-state index contributed by atoms with van der Waals surface area (Å²) in [5.41, 5.74) is 1.80. The molecule has 0 radical (unpaired) electrons. The van der Waals surface area contributed by atoms with Crippen LogP contribution in [0.15, 0.2) is 23.1 Å². The van der Waals surface area contributed by atoms with Gasteiger partial charge in [-0.1, -0.05) is 19.9 Å². The summed E-state index contributed by atoms with van der Waals surface area (Å²) in [5, 5.41) is 21.5. The second-order valence-electron chi connectivity index (χ2n) is 3.83. The lowest BCUT2D eigenvalue weighted by Crippen LogP contribution is -2.11. The van der Waals surface area contributed by atoms with Gasteiger partial charge in [-0.05, 0) is 24.2 Å². The van der Waals surface area contributed by atoms with Crippen LogP contribution in [0.3, 0.4) is 0 Å². The number of benzene rings is 1. The Hall–Kier alpha value is -1.02. The van der Waals surface area contributed by atoms with E-state index in [1.165, 1.54) is 11.8 Å². The first kappa shape index (κ1) is 14.0. The third-order valence-electron chi connectivity index (χ3n) is 2.33. The van der Waals surface area contributed by atoms with Crippen LogP contribution < -0.4 is 5.32 Å². The SMILES string of the molecule is CCNCc1ccc(SC(C)CO)c(C#N)c1. The van der Waals surface area contributed by atoms with Crippen molar-refractivity contribution in [1.82, 2.24) is 5.32 Å². The van der Waals surface area contributed by atoms with Gasteiger partial charge in [-0.3, -0.25) is 0 Å². The van der Waals surface area contributed by atoms with Crippen molar-refractivity contribution in [2.24, 2.45) is 0 Å². The fraction of sp³-hybridized carbons (Fsp3) is 0.462. The summed E-state index contributed by atoms with van der Waals surface area (Å²) in [7, 11) is 0. The Bertz CT molecular complexity index is 401. The van der Waals surface area contributed by atoms with Crippen molar-refractivity contribution >= 4 is 11.8 Å². The highest BCUT2D eigenvalue weighted by molar-refractivity contribution is 8.00. The molecule has 17 heavy (non-hydrogen) atoms. The van der Waals surface area contributed by atoms with Crippen LogP contribution in [0, 0.1) is 11.3 Å². The van der Waals surface area contributed by atoms with E-state index in [1.807, 2.05) is 25.1 Å². The molecule has 3 nitrogen and oxygen atoms in total. The molecule has 0 aliphatic rings. The van der Waals surface area contributed by atoms with Crippen molar-refractivity contribution in [3.63, 3.8) is 0 Å². The molecule has 4 heteroatoms. The molecule has 1 rings (SSSR count). The van der Waals surface area contributed by atoms with E-state index in [0.29, 0.717) is 5.56 Å². The van der Waals surface area contributed by atoms with E-state index in [2.05, 4.69) is 18.3 Å². The van der Waals surface area contributed by atoms with Crippen molar-refractivity contribution in [2.45, 2.75) is 30.5 Å². The first-order chi connectivity index (χ1) is 8.21. The Labute approximate surface area is 107 Å². The minimum Gasteiger partial charge on any atom is -0.395 e. The number of hydrogen-bond acceptors (Lipinski definition) is 4. The maximum Gasteiger partial charge on any atom is 0.100 e. The van der Waals surface area contributed by atoms with Crippen molar-refractivity contribution in [3.05, 3.63) is 29.3 Å². The van der Waals surface area contributed by atoms with Gasteiger partial charge in [-0.25, -0.2) is 0 Å². The monoisotopic (exact) mass is 250 g/mol. The first-order valence-electron chi connectivity index (χ1n) is 5.72. The van der Waals surface area contributed by atoms with Gasteiger partial charge in [0.05, 0.1) is 12.2 Å². The molecule has 1 aromatic carbocycles. The van der Waals surface area contributed by atoms with E-state index in [-0.39, 0.29) is 11.9 Å². The van der Waals surface area contributed by atoms with Crippen LogP contribution in [0.5, 0.6) is 0 Å². The predicted molar refractivity (Wildman–Crippen MR) is 70.9 cm³/mol. The Morgan fingerprint density at radius 3 is 2.88 bits per heavy atom. The van der Waals surface area contributed by atoms with Gasteiger partial charge >= 0.3 is 0 Å². The molecule has 0 fully saturated rings. The quantitative estimate of drug-likeness (QED) is 0.760. The van der Waals surface area contributed by atoms with Gasteiger partial charge < -0.3 is 10.4 Å². The number of rotatable bonds is 6. The van der Waals surface area contributed by atoms with Gasteiger partial charge in [0.2, 0.25) is 0 Å². The lowest BCUT2D eigenvalue weighted by atomic mass is 10.1. The molecule has 92 valence electrons. The molecule has 1 atom stereocenters. The Morgan fingerprint density at radius 1 is 1.53 bits per heavy atom. The number of aliphatic hydroxyl groups excluding tert-OH is 1. The van der Waals surface area contributed by atoms with Gasteiger partial charge in [0.15, 0.2) is 0 Å². The second-order valence-corrected chi connectivity index (χ2v) is 5.31. The zero-order valence-corrected chi connectivity index (χ0v) is 11.0. The van der Waals surface area contributed by atoms with E-state index in [9.17, 15) is 0 Å². The first-order valence-corrected chi connectivity index (χ1v) is 6.60. The molecule has 0 spiro atoms. The highest BCUT2D eigenvalue weighted by Crippen LogP contribution is 2.27. The Balaban J connectivity index is 2.82. The topological polar surface area (TPSA) is 56.0 Å². The average molecular weight is 250 g/mol. The predicted octanol–water partition coefficient (Wildman–Crippen LogP) is 2.14. The molecular formula is C13H18N2OS. The summed E-state index contributed by atoms with van der Waals surface area (Å²) in [6.07, 6.45) is 0. The van der Waals surface area contributed by atoms with Crippen LogP contribution in [-0.4, -0.2) is 23.5 Å². The molecule has 0 aromatic heterocycles. The number of nitriles is 1. The Morgan fingerprint density at radius 2 is 2.29 bits per heavy atom. The van der Waals surface area contributed by atoms with Crippen LogP contribution in [0.25, 0.3) is 0 Å². The third kappa shape index (κ3) is 4.39. The van der Waals surface area contributed by atoms with Crippen molar-refractivity contribution in [1.29, 1.82) is 5.26 Å². The Kier molecular flexibility index (Phi) is 6.06. The molecule has 2 N–H and O–H groups in total. The highest BCUT2D eigenvalue weighted by Gasteiger charge is 2.08. The fourth-order valence-electron chi connectivity index (χ4n) is 1.40. The summed E-state index contributed by atoms with van der Waals surface area (Å²) in [6, 6.07) is 8.11. The normalized spacial score (nSPS) is 12.1. The van der Waals surface area contributed by atoms with E-state index in [0.717, 1.165) is 23.5 Å². The van der Waals surface area contributed by atoms with Crippen LogP contribution in [0.2, 0.25) is 0 Å². The van der Waals surface area contributed by atoms with E-state index >= 15 is 0 Å². The molecule has 1 aromatic rings. The summed E-state index contributed by atoms with van der Waals surface area (Å²) in [6.45, 7) is 5.82. The molecule has 0 aliphatic carbocycles. The van der Waals surface area contributed by atoms with Gasteiger partial charge in [0.1, 0.15) is 6.07 Å². The fourth-order valence-corrected chi connectivity index (χ4v) is 2.29. The molecular weight excluding hydrogens is 232 g/mol. The van der Waals surface area contributed by atoms with Crippen LogP contribution in [0.4, 0.5) is 0 Å². The third-order valence-corrected chi connectivity index (χ3v) is 3.49. The smallest absolute Gasteiger partial charge is 0.100 e. The van der Waals surface area contributed by atoms with Gasteiger partial charge in [-0.2, -0.15) is 5.26 Å². The van der Waals surface area contributed by atoms with Gasteiger partial charge in [0, 0.05) is 16.7 Å². The number of nitrogens with zero attached hydrogens (tertiary/aromatic N) is 1. The summed E-state index contributed by atoms with van der Waals surface area (Å²) in [5.74, 6) is 0. The molecule has 0 heterocycles. The van der Waals surface area contributed by atoms with Crippen LogP contribution >= 0.6 is 11.8 Å². The molecule has 0 bridgehead atoms. The molecule has 0 saturated heterocycles. The van der Waals surface area contributed by atoms with Crippen molar-refractivity contribution < 1.29 is 5.11 Å². The lowest BCUT2D eigenvalue weighted by molar-refractivity contribution is 0.300. The standard InChI is InChI=1S/C13H18N2OS/c1-3-15-8-11-4-5-13(12(6-11)7-14)17-10(2)9-16/h4-6,10,15-16H,3,8-9H2,1-2H3. The summed E-state index contributed by atoms with van der Waals surface area (Å²) in [4.78, 5) is 0.939. The maximum absolute atomic E-state index is 9.11. The number of aliphatic hydroxyl groups is 1. The van der Waals surface area contributed by atoms with Gasteiger partial charge in [0.25, 0.3) is 0 Å². The maximum atomic E-state index is 9.11. The zero-order valence-electron chi connectivity index (χ0n) is 10.2. The van der Waals surface area contributed by atoms with Gasteiger partial charge in [-0.15, -0.1) is 11.8 Å². The van der Waals surface area contributed by atoms with E-state index in [4.69, 9.17) is 10.4 Å². The van der Waals surface area contributed by atoms with E-state index < -0.39 is 0 Å². The zero-order chi connectivity index (χ0) is 12.7. The molecule has 0 aliphatic heterocycles. The minimum absolute atomic E-state index is 0.113. The summed E-state index contributed by atoms with van der Waals surface area (Å²) < 4.78 is 0. The van der Waals surface area contributed by atoms with Crippen LogP contribution in [0.1, 0.15) is 25.0 Å². The number of thioether (sulfide) groups is 1. The minimum atomic E-state index is 0.113. The summed E-state index contributed by atoms with van der Waals surface area (Å²) >= 11 is 1.53. The van der Waals surface area contributed by atoms with E-state index in [1.54, 1.807) is 0 Å². The molecule has 0 saturated carbocycles. The highest BCUT2D eigenvalue weighted by atomic mass is 32.2. The molecule has 1 unspecified atom stereocenters. The average Bonchev–Trinajstić information content (AvgIpc) is 2.37. The number of hydrogen-bond donors (Lipinski definition) is 2. The van der Waals surface area contributed by atoms with Crippen LogP contribution in [-0.2, 0) is 6.54 Å². The number of nitrogens with one attached hydrogen (secondary N) is 1. The van der Waals surface area contributed by atoms with Crippen molar-refractivity contribution in [3.8, 4) is 6.07 Å². The largest absolute Gasteiger partial charge is 0.395 e.